The third-order valence-electron chi connectivity index (χ3n) is 2.26. The average molecular weight is 232 g/mol. The van der Waals surface area contributed by atoms with E-state index in [1.165, 1.54) is 0 Å². The number of hydrogen-bond donors (Lipinski definition) is 1. The van der Waals surface area contributed by atoms with E-state index in [-0.39, 0.29) is 12.2 Å². The van der Waals surface area contributed by atoms with E-state index in [0.29, 0.717) is 12.2 Å². The van der Waals surface area contributed by atoms with Crippen LogP contribution in [0.1, 0.15) is 13.3 Å². The van der Waals surface area contributed by atoms with Crippen molar-refractivity contribution >= 4 is 14.3 Å². The first-order valence-electron chi connectivity index (χ1n) is 4.94. The summed E-state index contributed by atoms with van der Waals surface area (Å²) in [5, 5.41) is 9.10. The van der Waals surface area contributed by atoms with Crippen LogP contribution in [0.2, 0.25) is 12.6 Å². The van der Waals surface area contributed by atoms with Crippen molar-refractivity contribution in [3.8, 4) is 0 Å². The lowest BCUT2D eigenvalue weighted by atomic mass is 10.4. The second kappa shape index (κ2) is 6.76. The Bertz CT molecular complexity index is 223. The Kier molecular flexibility index (Phi) is 6.47. The molecule has 0 amide bonds. The molecule has 0 spiro atoms. The highest BCUT2D eigenvalue weighted by molar-refractivity contribution is 6.72. The molecule has 0 heterocycles. The summed E-state index contributed by atoms with van der Waals surface area (Å²) in [6.07, 6.45) is 0.814. The van der Waals surface area contributed by atoms with E-state index in [1.54, 1.807) is 14.0 Å². The second-order valence-electron chi connectivity index (χ2n) is 3.83. The number of carbonyl (C=O) groups is 1. The van der Waals surface area contributed by atoms with Crippen molar-refractivity contribution in [2.24, 2.45) is 0 Å². The minimum atomic E-state index is -1.95. The summed E-state index contributed by atoms with van der Waals surface area (Å²) < 4.78 is 10.2. The molecule has 5 heteroatoms. The van der Waals surface area contributed by atoms with Gasteiger partial charge in [-0.25, -0.2) is 4.79 Å². The van der Waals surface area contributed by atoms with Crippen molar-refractivity contribution in [3.05, 3.63) is 12.2 Å². The number of hydrogen-bond acceptors (Lipinski definition) is 4. The van der Waals surface area contributed by atoms with Gasteiger partial charge in [-0.15, -0.1) is 0 Å². The fourth-order valence-corrected chi connectivity index (χ4v) is 2.36. The lowest BCUT2D eigenvalue weighted by Crippen LogP contribution is -2.38. The van der Waals surface area contributed by atoms with E-state index in [0.717, 1.165) is 12.5 Å². The van der Waals surface area contributed by atoms with Gasteiger partial charge in [0.15, 0.2) is 0 Å². The van der Waals surface area contributed by atoms with Gasteiger partial charge >= 0.3 is 5.97 Å². The second-order valence-corrected chi connectivity index (χ2v) is 7.96. The Hall–Kier alpha value is -0.653. The summed E-state index contributed by atoms with van der Waals surface area (Å²) in [6, 6.07) is 0.781. The zero-order valence-corrected chi connectivity index (χ0v) is 10.7. The molecule has 0 aromatic rings. The third-order valence-corrected chi connectivity index (χ3v) is 5.32. The van der Waals surface area contributed by atoms with Crippen molar-refractivity contribution < 1.29 is 19.1 Å². The van der Waals surface area contributed by atoms with Crippen LogP contribution in [-0.4, -0.2) is 39.3 Å². The molecule has 0 saturated heterocycles. The monoisotopic (exact) mass is 232 g/mol. The van der Waals surface area contributed by atoms with E-state index in [9.17, 15) is 4.79 Å². The van der Waals surface area contributed by atoms with Gasteiger partial charge in [0, 0.05) is 12.7 Å². The molecule has 0 radical (unpaired) electrons. The maximum atomic E-state index is 11.0. The van der Waals surface area contributed by atoms with E-state index >= 15 is 0 Å². The summed E-state index contributed by atoms with van der Waals surface area (Å²) in [5.41, 5.74) is 0.406. The van der Waals surface area contributed by atoms with Crippen molar-refractivity contribution in [2.45, 2.75) is 25.9 Å². The highest BCUT2D eigenvalue weighted by atomic mass is 28.4. The van der Waals surface area contributed by atoms with E-state index < -0.39 is 8.32 Å². The first-order chi connectivity index (χ1) is 6.95. The zero-order valence-electron chi connectivity index (χ0n) is 9.71. The van der Waals surface area contributed by atoms with Gasteiger partial charge < -0.3 is 14.3 Å². The van der Waals surface area contributed by atoms with Crippen molar-refractivity contribution in [3.63, 3.8) is 0 Å². The van der Waals surface area contributed by atoms with Gasteiger partial charge in [-0.2, -0.15) is 0 Å². The molecule has 0 aromatic heterocycles. The summed E-state index contributed by atoms with van der Waals surface area (Å²) in [7, 11) is -0.341. The predicted octanol–water partition coefficient (Wildman–Crippen LogP) is 1.25. The van der Waals surface area contributed by atoms with Gasteiger partial charge in [0.1, 0.15) is 0 Å². The lowest BCUT2D eigenvalue weighted by Gasteiger charge is -2.22. The average Bonchev–Trinajstić information content (AvgIpc) is 2.23. The van der Waals surface area contributed by atoms with Crippen LogP contribution in [-0.2, 0) is 14.0 Å². The van der Waals surface area contributed by atoms with Gasteiger partial charge in [0.2, 0.25) is 8.32 Å². The molecule has 1 unspecified atom stereocenters. The lowest BCUT2D eigenvalue weighted by molar-refractivity contribution is -0.138. The predicted molar refractivity (Wildman–Crippen MR) is 60.9 cm³/mol. The van der Waals surface area contributed by atoms with Gasteiger partial charge in [-0.05, 0) is 25.9 Å². The molecule has 1 N–H and O–H groups in total. The molecule has 0 aliphatic rings. The van der Waals surface area contributed by atoms with E-state index in [1.807, 2.05) is 6.55 Å². The molecule has 0 fully saturated rings. The maximum absolute atomic E-state index is 11.0. The molecule has 4 nitrogen and oxygen atoms in total. The normalized spacial score (nSPS) is 14.4. The summed E-state index contributed by atoms with van der Waals surface area (Å²) >= 11 is 0. The van der Waals surface area contributed by atoms with Crippen LogP contribution in [0, 0.1) is 0 Å². The Morgan fingerprint density at radius 2 is 2.13 bits per heavy atom. The number of carbonyl (C=O) groups excluding carboxylic acids is 1. The molecule has 0 aliphatic heterocycles. The molecule has 0 bridgehead atoms. The van der Waals surface area contributed by atoms with Crippen LogP contribution in [0.4, 0.5) is 0 Å². The molecule has 0 saturated carbocycles. The fraction of sp³-hybridized carbons (Fsp3) is 0.700. The molecule has 15 heavy (non-hydrogen) atoms. The number of aliphatic hydroxyl groups is 1. The fourth-order valence-electron chi connectivity index (χ4n) is 0.980. The quantitative estimate of drug-likeness (QED) is 0.311. The van der Waals surface area contributed by atoms with Crippen molar-refractivity contribution in [1.82, 2.24) is 0 Å². The van der Waals surface area contributed by atoms with E-state index in [2.05, 4.69) is 6.58 Å². The van der Waals surface area contributed by atoms with Crippen LogP contribution < -0.4 is 0 Å². The SMILES string of the molecule is C=C(C)C(=O)OCCC[Si](C)(CO)OC. The van der Waals surface area contributed by atoms with Crippen LogP contribution >= 0.6 is 0 Å². The zero-order chi connectivity index (χ0) is 11.9. The Morgan fingerprint density at radius 3 is 2.53 bits per heavy atom. The van der Waals surface area contributed by atoms with Gasteiger partial charge in [0.25, 0.3) is 0 Å². The van der Waals surface area contributed by atoms with Crippen LogP contribution in [0.25, 0.3) is 0 Å². The minimum Gasteiger partial charge on any atom is -0.462 e. The minimum absolute atomic E-state index is 0.0952. The summed E-state index contributed by atoms with van der Waals surface area (Å²) in [5.74, 6) is -0.361. The van der Waals surface area contributed by atoms with Crippen LogP contribution in [0.5, 0.6) is 0 Å². The first-order valence-corrected chi connectivity index (χ1v) is 7.76. The van der Waals surface area contributed by atoms with Crippen molar-refractivity contribution in [1.29, 1.82) is 0 Å². The topological polar surface area (TPSA) is 55.8 Å². The summed E-state index contributed by atoms with van der Waals surface area (Å²) in [4.78, 5) is 11.0. The molecule has 0 aliphatic carbocycles. The molecular formula is C10H20O4Si. The highest BCUT2D eigenvalue weighted by Crippen LogP contribution is 2.12. The number of esters is 1. The number of rotatable bonds is 7. The maximum Gasteiger partial charge on any atom is 0.333 e. The Balaban J connectivity index is 3.71. The number of ether oxygens (including phenoxy) is 1. The van der Waals surface area contributed by atoms with Gasteiger partial charge in [-0.1, -0.05) is 6.58 Å². The third kappa shape index (κ3) is 5.71. The Labute approximate surface area is 92.0 Å². The number of aliphatic hydroxyl groups excluding tert-OH is 1. The summed E-state index contributed by atoms with van der Waals surface area (Å²) in [6.45, 7) is 7.41. The van der Waals surface area contributed by atoms with Crippen LogP contribution in [0.3, 0.4) is 0 Å². The molecule has 0 aromatic carbocycles. The van der Waals surface area contributed by atoms with Crippen molar-refractivity contribution in [2.75, 3.05) is 19.9 Å². The molecule has 88 valence electrons. The largest absolute Gasteiger partial charge is 0.462 e. The first kappa shape index (κ1) is 14.3. The highest BCUT2D eigenvalue weighted by Gasteiger charge is 2.26. The molecule has 0 rings (SSSR count). The smallest absolute Gasteiger partial charge is 0.333 e. The van der Waals surface area contributed by atoms with Crippen LogP contribution in [0.15, 0.2) is 12.2 Å². The Morgan fingerprint density at radius 1 is 1.53 bits per heavy atom. The molecular weight excluding hydrogens is 212 g/mol. The van der Waals surface area contributed by atoms with Gasteiger partial charge in [-0.3, -0.25) is 0 Å². The van der Waals surface area contributed by atoms with E-state index in [4.69, 9.17) is 14.3 Å². The van der Waals surface area contributed by atoms with Gasteiger partial charge in [0.05, 0.1) is 12.8 Å². The molecule has 1 atom stereocenters. The standard InChI is InChI=1S/C10H20O4Si/c1-9(2)10(12)14-6-5-7-15(4,8-11)13-3/h11H,1,5-8H2,2-4H3.